The van der Waals surface area contributed by atoms with Crippen LogP contribution in [0.25, 0.3) is 0 Å². The first-order chi connectivity index (χ1) is 11.6. The molecule has 1 heterocycles. The fourth-order valence-electron chi connectivity index (χ4n) is 2.93. The number of hydrogen-bond acceptors (Lipinski definition) is 4. The van der Waals surface area contributed by atoms with Crippen molar-refractivity contribution in [1.82, 2.24) is 15.3 Å². The molecule has 2 N–H and O–H groups in total. The van der Waals surface area contributed by atoms with Gasteiger partial charge in [-0.05, 0) is 36.5 Å². The quantitative estimate of drug-likeness (QED) is 0.872. The lowest BCUT2D eigenvalue weighted by atomic mass is 10.0. The van der Waals surface area contributed by atoms with Crippen LogP contribution < -0.4 is 10.6 Å². The summed E-state index contributed by atoms with van der Waals surface area (Å²) >= 11 is 0. The zero-order chi connectivity index (χ0) is 16.9. The highest BCUT2D eigenvalue weighted by molar-refractivity contribution is 5.93. The molecule has 1 aromatic carbocycles. The molecule has 0 radical (unpaired) electrons. The van der Waals surface area contributed by atoms with E-state index in [1.165, 1.54) is 18.4 Å². The summed E-state index contributed by atoms with van der Waals surface area (Å²) in [6, 6.07) is 8.51. The van der Waals surface area contributed by atoms with Crippen LogP contribution in [0.4, 0.5) is 11.6 Å². The van der Waals surface area contributed by atoms with Gasteiger partial charge in [0.25, 0.3) is 5.91 Å². The molecule has 1 saturated carbocycles. The number of anilines is 2. The van der Waals surface area contributed by atoms with Crippen molar-refractivity contribution in [2.75, 3.05) is 5.32 Å². The Morgan fingerprint density at radius 3 is 2.29 bits per heavy atom. The molecule has 1 fully saturated rings. The number of carbonyl (C=O) groups is 1. The van der Waals surface area contributed by atoms with Crippen molar-refractivity contribution in [3.05, 3.63) is 47.8 Å². The third-order valence-corrected chi connectivity index (χ3v) is 4.44. The van der Waals surface area contributed by atoms with Crippen LogP contribution in [0.3, 0.4) is 0 Å². The van der Waals surface area contributed by atoms with E-state index in [-0.39, 0.29) is 5.91 Å². The largest absolute Gasteiger partial charge is 0.349 e. The number of nitrogens with one attached hydrogen (secondary N) is 2. The zero-order valence-corrected chi connectivity index (χ0v) is 14.2. The van der Waals surface area contributed by atoms with E-state index < -0.39 is 0 Å². The number of amides is 1. The van der Waals surface area contributed by atoms with Gasteiger partial charge >= 0.3 is 0 Å². The van der Waals surface area contributed by atoms with Crippen LogP contribution in [0.1, 0.15) is 61.4 Å². The summed E-state index contributed by atoms with van der Waals surface area (Å²) in [5.74, 6) is 0.910. The Morgan fingerprint density at radius 1 is 1.08 bits per heavy atom. The number of hydrogen-bond donors (Lipinski definition) is 2. The Bertz CT molecular complexity index is 674. The molecule has 5 nitrogen and oxygen atoms in total. The predicted molar refractivity (Wildman–Crippen MR) is 95.6 cm³/mol. The maximum Gasteiger partial charge on any atom is 0.254 e. The molecule has 0 unspecified atom stereocenters. The minimum Gasteiger partial charge on any atom is -0.349 e. The van der Waals surface area contributed by atoms with E-state index in [0.29, 0.717) is 23.5 Å². The van der Waals surface area contributed by atoms with Crippen molar-refractivity contribution in [3.63, 3.8) is 0 Å². The normalized spacial score (nSPS) is 14.8. The molecule has 0 bridgehead atoms. The van der Waals surface area contributed by atoms with Crippen LogP contribution in [0.5, 0.6) is 0 Å². The molecule has 0 saturated heterocycles. The van der Waals surface area contributed by atoms with Gasteiger partial charge in [-0.2, -0.15) is 0 Å². The van der Waals surface area contributed by atoms with Gasteiger partial charge in [0.1, 0.15) is 0 Å². The summed E-state index contributed by atoms with van der Waals surface area (Å²) in [5.41, 5.74) is 2.73. The molecule has 3 rings (SSSR count). The molecule has 24 heavy (non-hydrogen) atoms. The second-order valence-corrected chi connectivity index (χ2v) is 6.65. The smallest absolute Gasteiger partial charge is 0.254 e. The van der Waals surface area contributed by atoms with E-state index in [2.05, 4.69) is 46.6 Å². The SMILES string of the molecule is CC(C)c1ccc(Nc2ncc(C(=O)NC3CCCC3)cn2)cc1. The summed E-state index contributed by atoms with van der Waals surface area (Å²) in [6.07, 6.45) is 7.67. The van der Waals surface area contributed by atoms with Gasteiger partial charge < -0.3 is 10.6 Å². The third kappa shape index (κ3) is 4.10. The Labute approximate surface area is 142 Å². The number of nitrogens with zero attached hydrogens (tertiary/aromatic N) is 2. The van der Waals surface area contributed by atoms with Gasteiger partial charge in [0.05, 0.1) is 5.56 Å². The van der Waals surface area contributed by atoms with Gasteiger partial charge in [0, 0.05) is 24.1 Å². The number of aromatic nitrogens is 2. The molecule has 0 aliphatic heterocycles. The summed E-state index contributed by atoms with van der Waals surface area (Å²) < 4.78 is 0. The Morgan fingerprint density at radius 2 is 1.71 bits per heavy atom. The lowest BCUT2D eigenvalue weighted by Gasteiger charge is -2.12. The highest BCUT2D eigenvalue weighted by Gasteiger charge is 2.18. The van der Waals surface area contributed by atoms with Crippen LogP contribution >= 0.6 is 0 Å². The first-order valence-corrected chi connectivity index (χ1v) is 8.62. The van der Waals surface area contributed by atoms with Crippen molar-refractivity contribution in [2.24, 2.45) is 0 Å². The van der Waals surface area contributed by atoms with Gasteiger partial charge in [-0.25, -0.2) is 9.97 Å². The van der Waals surface area contributed by atoms with Crippen LogP contribution in [-0.2, 0) is 0 Å². The minimum absolute atomic E-state index is 0.0882. The molecule has 1 amide bonds. The molecule has 5 heteroatoms. The maximum absolute atomic E-state index is 12.2. The molecule has 1 aromatic heterocycles. The molecular weight excluding hydrogens is 300 g/mol. The summed E-state index contributed by atoms with van der Waals surface area (Å²) in [4.78, 5) is 20.6. The Hall–Kier alpha value is -2.43. The summed E-state index contributed by atoms with van der Waals surface area (Å²) in [6.45, 7) is 4.34. The molecule has 1 aliphatic rings. The Kier molecular flexibility index (Phi) is 5.08. The molecule has 2 aromatic rings. The van der Waals surface area contributed by atoms with Crippen LogP contribution in [0.2, 0.25) is 0 Å². The second-order valence-electron chi connectivity index (χ2n) is 6.65. The van der Waals surface area contributed by atoms with Crippen LogP contribution in [-0.4, -0.2) is 21.9 Å². The highest BCUT2D eigenvalue weighted by Crippen LogP contribution is 2.20. The maximum atomic E-state index is 12.2. The van der Waals surface area contributed by atoms with E-state index in [1.54, 1.807) is 12.4 Å². The van der Waals surface area contributed by atoms with Crippen molar-refractivity contribution in [2.45, 2.75) is 51.5 Å². The fraction of sp³-hybridized carbons (Fsp3) is 0.421. The predicted octanol–water partition coefficient (Wildman–Crippen LogP) is 4.02. The Balaban J connectivity index is 1.60. The van der Waals surface area contributed by atoms with Crippen LogP contribution in [0.15, 0.2) is 36.7 Å². The van der Waals surface area contributed by atoms with Gasteiger partial charge in [-0.3, -0.25) is 4.79 Å². The van der Waals surface area contributed by atoms with Crippen molar-refractivity contribution in [3.8, 4) is 0 Å². The van der Waals surface area contributed by atoms with Crippen molar-refractivity contribution in [1.29, 1.82) is 0 Å². The average molecular weight is 324 g/mol. The van der Waals surface area contributed by atoms with Crippen LogP contribution in [0, 0.1) is 0 Å². The molecule has 1 aliphatic carbocycles. The number of rotatable bonds is 5. The molecule has 126 valence electrons. The van der Waals surface area contributed by atoms with E-state index in [4.69, 9.17) is 0 Å². The van der Waals surface area contributed by atoms with E-state index in [9.17, 15) is 4.79 Å². The van der Waals surface area contributed by atoms with E-state index in [1.807, 2.05) is 12.1 Å². The molecule has 0 spiro atoms. The van der Waals surface area contributed by atoms with Gasteiger partial charge in [-0.1, -0.05) is 38.8 Å². The van der Waals surface area contributed by atoms with Gasteiger partial charge in [-0.15, -0.1) is 0 Å². The third-order valence-electron chi connectivity index (χ3n) is 4.44. The lowest BCUT2D eigenvalue weighted by molar-refractivity contribution is 0.0937. The average Bonchev–Trinajstić information content (AvgIpc) is 3.09. The highest BCUT2D eigenvalue weighted by atomic mass is 16.1. The van der Waals surface area contributed by atoms with Crippen molar-refractivity contribution >= 4 is 17.5 Å². The fourth-order valence-corrected chi connectivity index (χ4v) is 2.93. The first kappa shape index (κ1) is 16.4. The van der Waals surface area contributed by atoms with Gasteiger partial charge in [0.2, 0.25) is 5.95 Å². The van der Waals surface area contributed by atoms with E-state index in [0.717, 1.165) is 18.5 Å². The zero-order valence-electron chi connectivity index (χ0n) is 14.2. The minimum atomic E-state index is -0.0882. The van der Waals surface area contributed by atoms with Crippen molar-refractivity contribution < 1.29 is 4.79 Å². The topological polar surface area (TPSA) is 66.9 Å². The van der Waals surface area contributed by atoms with Gasteiger partial charge in [0.15, 0.2) is 0 Å². The first-order valence-electron chi connectivity index (χ1n) is 8.62. The molecule has 0 atom stereocenters. The number of benzene rings is 1. The second kappa shape index (κ2) is 7.43. The molecular formula is C19H24N4O. The standard InChI is InChI=1S/C19H24N4O/c1-13(2)14-7-9-17(10-8-14)23-19-20-11-15(12-21-19)18(24)22-16-5-3-4-6-16/h7-13,16H,3-6H2,1-2H3,(H,22,24)(H,20,21,23). The summed E-state index contributed by atoms with van der Waals surface area (Å²) in [7, 11) is 0. The number of carbonyl (C=O) groups excluding carboxylic acids is 1. The van der Waals surface area contributed by atoms with E-state index >= 15 is 0 Å². The summed E-state index contributed by atoms with van der Waals surface area (Å²) in [5, 5.41) is 6.20. The monoisotopic (exact) mass is 324 g/mol. The lowest BCUT2D eigenvalue weighted by Crippen LogP contribution is -2.32.